The van der Waals surface area contributed by atoms with E-state index in [0.29, 0.717) is 12.2 Å². The van der Waals surface area contributed by atoms with Crippen LogP contribution in [-0.2, 0) is 6.42 Å². The molecule has 1 atom stereocenters. The lowest BCUT2D eigenvalue weighted by molar-refractivity contribution is 0.0117. The molecule has 3 heterocycles. The first-order valence-corrected chi connectivity index (χ1v) is 7.09. The SMILES string of the molecule is CCc1noc([C@@H]2CC(F)(F)CN2C(=O)c2cc[nH]c(=O)c2)n1. The van der Waals surface area contributed by atoms with Crippen LogP contribution in [0.2, 0.25) is 0 Å². The molecule has 7 nitrogen and oxygen atoms in total. The lowest BCUT2D eigenvalue weighted by Crippen LogP contribution is -2.33. The first-order valence-electron chi connectivity index (χ1n) is 7.09. The highest BCUT2D eigenvalue weighted by Gasteiger charge is 2.50. The van der Waals surface area contributed by atoms with Crippen molar-refractivity contribution in [2.24, 2.45) is 0 Å². The molecule has 3 rings (SSSR count). The topological polar surface area (TPSA) is 92.1 Å². The Morgan fingerprint density at radius 2 is 2.35 bits per heavy atom. The Hall–Kier alpha value is -2.58. The van der Waals surface area contributed by atoms with E-state index in [2.05, 4.69) is 15.1 Å². The normalized spacial score (nSPS) is 20.0. The van der Waals surface area contributed by atoms with Crippen molar-refractivity contribution in [1.29, 1.82) is 0 Å². The fraction of sp³-hybridized carbons (Fsp3) is 0.429. The smallest absolute Gasteiger partial charge is 0.267 e. The lowest BCUT2D eigenvalue weighted by atomic mass is 10.1. The Balaban J connectivity index is 1.94. The number of aromatic nitrogens is 3. The largest absolute Gasteiger partial charge is 0.337 e. The molecule has 0 aliphatic carbocycles. The van der Waals surface area contributed by atoms with Crippen LogP contribution in [0.5, 0.6) is 0 Å². The fourth-order valence-electron chi connectivity index (χ4n) is 2.54. The van der Waals surface area contributed by atoms with Gasteiger partial charge in [-0.2, -0.15) is 4.98 Å². The zero-order valence-corrected chi connectivity index (χ0v) is 12.3. The van der Waals surface area contributed by atoms with E-state index in [4.69, 9.17) is 4.52 Å². The number of pyridine rings is 1. The molecule has 1 amide bonds. The van der Waals surface area contributed by atoms with Crippen molar-refractivity contribution in [2.45, 2.75) is 31.7 Å². The number of nitrogens with zero attached hydrogens (tertiary/aromatic N) is 3. The molecule has 0 bridgehead atoms. The lowest BCUT2D eigenvalue weighted by Gasteiger charge is -2.21. The Bertz CT molecular complexity index is 786. The Kier molecular flexibility index (Phi) is 3.70. The number of H-pyrrole nitrogens is 1. The van der Waals surface area contributed by atoms with Crippen LogP contribution >= 0.6 is 0 Å². The van der Waals surface area contributed by atoms with Crippen molar-refractivity contribution in [2.75, 3.05) is 6.54 Å². The van der Waals surface area contributed by atoms with Gasteiger partial charge in [0.25, 0.3) is 11.8 Å². The summed E-state index contributed by atoms with van der Waals surface area (Å²) in [5, 5.41) is 3.68. The Morgan fingerprint density at radius 3 is 3.00 bits per heavy atom. The van der Waals surface area contributed by atoms with Crippen molar-refractivity contribution in [3.8, 4) is 0 Å². The monoisotopic (exact) mass is 324 g/mol. The van der Waals surface area contributed by atoms with Gasteiger partial charge in [-0.1, -0.05) is 12.1 Å². The van der Waals surface area contributed by atoms with Gasteiger partial charge in [0.2, 0.25) is 11.4 Å². The molecule has 9 heteroatoms. The molecule has 1 N–H and O–H groups in total. The molecule has 0 aromatic carbocycles. The molecule has 1 aliphatic rings. The van der Waals surface area contributed by atoms with E-state index in [1.165, 1.54) is 12.3 Å². The molecular formula is C14H14F2N4O3. The average molecular weight is 324 g/mol. The van der Waals surface area contributed by atoms with Gasteiger partial charge in [0, 0.05) is 30.7 Å². The molecule has 23 heavy (non-hydrogen) atoms. The molecule has 1 saturated heterocycles. The van der Waals surface area contributed by atoms with Gasteiger partial charge in [-0.3, -0.25) is 9.59 Å². The second-order valence-corrected chi connectivity index (χ2v) is 5.35. The molecule has 2 aromatic rings. The maximum absolute atomic E-state index is 13.8. The number of nitrogens with one attached hydrogen (secondary N) is 1. The summed E-state index contributed by atoms with van der Waals surface area (Å²) in [7, 11) is 0. The first-order chi connectivity index (χ1) is 10.9. The van der Waals surface area contributed by atoms with Crippen molar-refractivity contribution in [3.05, 3.63) is 46.0 Å². The average Bonchev–Trinajstić information content (AvgIpc) is 3.10. The van der Waals surface area contributed by atoms with Gasteiger partial charge >= 0.3 is 0 Å². The zero-order chi connectivity index (χ0) is 16.6. The van der Waals surface area contributed by atoms with Crippen LogP contribution in [0.4, 0.5) is 8.78 Å². The summed E-state index contributed by atoms with van der Waals surface area (Å²) in [4.78, 5) is 31.2. The van der Waals surface area contributed by atoms with Crippen LogP contribution in [0, 0.1) is 0 Å². The molecule has 0 unspecified atom stereocenters. The maximum Gasteiger partial charge on any atom is 0.267 e. The third-order valence-corrected chi connectivity index (χ3v) is 3.64. The van der Waals surface area contributed by atoms with Crippen LogP contribution in [0.3, 0.4) is 0 Å². The van der Waals surface area contributed by atoms with Gasteiger partial charge in [-0.15, -0.1) is 0 Å². The summed E-state index contributed by atoms with van der Waals surface area (Å²) in [6.07, 6.45) is 1.20. The second kappa shape index (κ2) is 5.56. The molecule has 0 saturated carbocycles. The highest BCUT2D eigenvalue weighted by atomic mass is 19.3. The van der Waals surface area contributed by atoms with Crippen LogP contribution in [0.25, 0.3) is 0 Å². The van der Waals surface area contributed by atoms with Crippen molar-refractivity contribution < 1.29 is 18.1 Å². The Labute approximate surface area is 129 Å². The number of aromatic amines is 1. The quantitative estimate of drug-likeness (QED) is 0.924. The maximum atomic E-state index is 13.8. The van der Waals surface area contributed by atoms with Crippen LogP contribution < -0.4 is 5.56 Å². The number of aryl methyl sites for hydroxylation is 1. The number of amides is 1. The van der Waals surface area contributed by atoms with E-state index in [-0.39, 0.29) is 11.5 Å². The standard InChI is InChI=1S/C14H14F2N4O3/c1-2-10-18-12(23-19-10)9-6-14(15,16)7-20(9)13(22)8-3-4-17-11(21)5-8/h3-5,9H,2,6-7H2,1H3,(H,17,21)/t9-/m0/s1. The number of carbonyl (C=O) groups excluding carboxylic acids is 1. The number of rotatable bonds is 3. The van der Waals surface area contributed by atoms with Crippen molar-refractivity contribution >= 4 is 5.91 Å². The number of likely N-dealkylation sites (tertiary alicyclic amines) is 1. The van der Waals surface area contributed by atoms with Crippen molar-refractivity contribution in [3.63, 3.8) is 0 Å². The third-order valence-electron chi connectivity index (χ3n) is 3.64. The van der Waals surface area contributed by atoms with Gasteiger partial charge in [-0.25, -0.2) is 8.78 Å². The minimum Gasteiger partial charge on any atom is -0.337 e. The number of hydrogen-bond donors (Lipinski definition) is 1. The van der Waals surface area contributed by atoms with Crippen molar-refractivity contribution in [1.82, 2.24) is 20.0 Å². The highest BCUT2D eigenvalue weighted by Crippen LogP contribution is 2.41. The van der Waals surface area contributed by atoms with Gasteiger partial charge in [-0.05, 0) is 6.07 Å². The summed E-state index contributed by atoms with van der Waals surface area (Å²) in [6.45, 7) is 1.05. The summed E-state index contributed by atoms with van der Waals surface area (Å²) in [5.41, 5.74) is -0.448. The summed E-state index contributed by atoms with van der Waals surface area (Å²) in [6, 6.07) is 1.42. The van der Waals surface area contributed by atoms with Crippen LogP contribution in [0.15, 0.2) is 27.6 Å². The van der Waals surface area contributed by atoms with E-state index in [1.54, 1.807) is 6.92 Å². The first kappa shape index (κ1) is 15.3. The van der Waals surface area contributed by atoms with Gasteiger partial charge in [0.15, 0.2) is 5.82 Å². The molecular weight excluding hydrogens is 310 g/mol. The summed E-state index contributed by atoms with van der Waals surface area (Å²) in [5.74, 6) is -3.35. The Morgan fingerprint density at radius 1 is 1.57 bits per heavy atom. The van der Waals surface area contributed by atoms with Crippen LogP contribution in [-0.4, -0.2) is 38.4 Å². The van der Waals surface area contributed by atoms with E-state index < -0.39 is 36.4 Å². The molecule has 1 fully saturated rings. The minimum absolute atomic E-state index is 0.0165. The van der Waals surface area contributed by atoms with E-state index in [1.807, 2.05) is 0 Å². The van der Waals surface area contributed by atoms with Gasteiger partial charge in [0.1, 0.15) is 6.04 Å². The fourth-order valence-corrected chi connectivity index (χ4v) is 2.54. The van der Waals surface area contributed by atoms with E-state index >= 15 is 0 Å². The molecule has 0 spiro atoms. The summed E-state index contributed by atoms with van der Waals surface area (Å²) < 4.78 is 32.7. The van der Waals surface area contributed by atoms with E-state index in [9.17, 15) is 18.4 Å². The minimum atomic E-state index is -3.05. The number of hydrogen-bond acceptors (Lipinski definition) is 5. The van der Waals surface area contributed by atoms with Gasteiger partial charge < -0.3 is 14.4 Å². The highest BCUT2D eigenvalue weighted by molar-refractivity contribution is 5.94. The second-order valence-electron chi connectivity index (χ2n) is 5.35. The number of carbonyl (C=O) groups is 1. The molecule has 2 aromatic heterocycles. The zero-order valence-electron chi connectivity index (χ0n) is 12.3. The number of halogens is 2. The third kappa shape index (κ3) is 2.99. The molecule has 1 aliphatic heterocycles. The molecule has 0 radical (unpaired) electrons. The number of alkyl halides is 2. The predicted octanol–water partition coefficient (Wildman–Crippen LogP) is 1.54. The predicted molar refractivity (Wildman–Crippen MR) is 74.1 cm³/mol. The molecule has 122 valence electrons. The summed E-state index contributed by atoms with van der Waals surface area (Å²) >= 11 is 0. The van der Waals surface area contributed by atoms with Crippen LogP contribution in [0.1, 0.15) is 41.5 Å². The van der Waals surface area contributed by atoms with Gasteiger partial charge in [0.05, 0.1) is 6.54 Å². The van der Waals surface area contributed by atoms with E-state index in [0.717, 1.165) is 11.0 Å².